The number of rotatable bonds is 3. The predicted octanol–water partition coefficient (Wildman–Crippen LogP) is 4.23. The molecule has 1 fully saturated rings. The molecule has 0 radical (unpaired) electrons. The molecular weight excluding hydrogens is 313 g/mol. The first-order valence-corrected chi connectivity index (χ1v) is 8.30. The van der Waals surface area contributed by atoms with Gasteiger partial charge in [-0.1, -0.05) is 36.4 Å². The van der Waals surface area contributed by atoms with Crippen LogP contribution < -0.4 is 0 Å². The number of pyridine rings is 1. The van der Waals surface area contributed by atoms with E-state index in [1.54, 1.807) is 6.07 Å². The summed E-state index contributed by atoms with van der Waals surface area (Å²) < 4.78 is 39.8. The van der Waals surface area contributed by atoms with Crippen molar-refractivity contribution in [3.63, 3.8) is 0 Å². The highest BCUT2D eigenvalue weighted by Gasteiger charge is 2.65. The molecule has 0 amide bonds. The molecule has 2 aliphatic rings. The molecule has 5 heteroatoms. The molecule has 0 bridgehead atoms. The average molecular weight is 332 g/mol. The van der Waals surface area contributed by atoms with Gasteiger partial charge >= 0.3 is 6.18 Å². The van der Waals surface area contributed by atoms with E-state index in [1.807, 2.05) is 24.3 Å². The maximum atomic E-state index is 13.3. The van der Waals surface area contributed by atoms with Gasteiger partial charge in [0.05, 0.1) is 5.69 Å². The Morgan fingerprint density at radius 1 is 1.04 bits per heavy atom. The van der Waals surface area contributed by atoms with Gasteiger partial charge in [-0.05, 0) is 30.0 Å². The first kappa shape index (κ1) is 15.6. The number of alkyl halides is 3. The lowest BCUT2D eigenvalue weighted by atomic mass is 9.97. The summed E-state index contributed by atoms with van der Waals surface area (Å²) in [5.74, 6) is 0. The second-order valence-corrected chi connectivity index (χ2v) is 6.83. The predicted molar refractivity (Wildman–Crippen MR) is 85.5 cm³/mol. The van der Waals surface area contributed by atoms with E-state index in [1.165, 1.54) is 5.56 Å². The van der Waals surface area contributed by atoms with E-state index >= 15 is 0 Å². The molecule has 0 N–H and O–H groups in total. The van der Waals surface area contributed by atoms with Crippen LogP contribution in [0.15, 0.2) is 42.5 Å². The Kier molecular flexibility index (Phi) is 3.64. The summed E-state index contributed by atoms with van der Waals surface area (Å²) in [5.41, 5.74) is 1.68. The molecule has 0 spiro atoms. The van der Waals surface area contributed by atoms with Crippen LogP contribution in [0.5, 0.6) is 0 Å². The summed E-state index contributed by atoms with van der Waals surface area (Å²) in [7, 11) is 0. The van der Waals surface area contributed by atoms with Gasteiger partial charge in [0.1, 0.15) is 5.41 Å². The van der Waals surface area contributed by atoms with Gasteiger partial charge in [-0.3, -0.25) is 9.88 Å². The molecule has 126 valence electrons. The van der Waals surface area contributed by atoms with Crippen LogP contribution in [0.2, 0.25) is 0 Å². The van der Waals surface area contributed by atoms with Crippen molar-refractivity contribution in [2.24, 2.45) is 0 Å². The molecule has 4 rings (SSSR count). The number of fused-ring (bicyclic) bond motifs is 1. The summed E-state index contributed by atoms with van der Waals surface area (Å²) in [4.78, 5) is 6.72. The van der Waals surface area contributed by atoms with Gasteiger partial charge in [0.25, 0.3) is 0 Å². The van der Waals surface area contributed by atoms with Crippen molar-refractivity contribution in [3.05, 3.63) is 65.0 Å². The van der Waals surface area contributed by atoms with Crippen LogP contribution in [0.4, 0.5) is 13.2 Å². The number of benzene rings is 1. The maximum absolute atomic E-state index is 13.3. The van der Waals surface area contributed by atoms with Gasteiger partial charge in [-0.15, -0.1) is 0 Å². The van der Waals surface area contributed by atoms with Crippen molar-refractivity contribution in [1.29, 1.82) is 0 Å². The van der Waals surface area contributed by atoms with E-state index in [4.69, 9.17) is 0 Å². The molecule has 2 aromatic rings. The highest BCUT2D eigenvalue weighted by Crippen LogP contribution is 2.58. The average Bonchev–Trinajstić information content (AvgIpc) is 3.37. The molecule has 1 aromatic heterocycles. The Bertz CT molecular complexity index is 736. The van der Waals surface area contributed by atoms with Crippen LogP contribution in [0.3, 0.4) is 0 Å². The number of halogens is 3. The quantitative estimate of drug-likeness (QED) is 0.836. The van der Waals surface area contributed by atoms with Crippen LogP contribution in [0.25, 0.3) is 0 Å². The van der Waals surface area contributed by atoms with E-state index in [2.05, 4.69) is 22.0 Å². The minimum absolute atomic E-state index is 0.169. The summed E-state index contributed by atoms with van der Waals surface area (Å²) in [6, 6.07) is 13.7. The standard InChI is InChI=1S/C19H19F3N2/c20-19(21,22)18(9-10-18)17-7-6-15-13-24(11-8-16(15)23-17)12-14-4-2-1-3-5-14/h1-7H,8-13H2. The first-order valence-electron chi connectivity index (χ1n) is 8.30. The third-order valence-electron chi connectivity index (χ3n) is 5.16. The largest absolute Gasteiger partial charge is 0.399 e. The van der Waals surface area contributed by atoms with E-state index < -0.39 is 11.6 Å². The second kappa shape index (κ2) is 5.59. The van der Waals surface area contributed by atoms with Crippen molar-refractivity contribution in [1.82, 2.24) is 9.88 Å². The van der Waals surface area contributed by atoms with E-state index in [0.717, 1.165) is 30.9 Å². The molecule has 2 heterocycles. The summed E-state index contributed by atoms with van der Waals surface area (Å²) in [6.45, 7) is 2.43. The zero-order valence-electron chi connectivity index (χ0n) is 13.3. The van der Waals surface area contributed by atoms with Gasteiger partial charge in [0.15, 0.2) is 0 Å². The van der Waals surface area contributed by atoms with E-state index in [-0.39, 0.29) is 18.5 Å². The van der Waals surface area contributed by atoms with Gasteiger partial charge in [0.2, 0.25) is 0 Å². The highest BCUT2D eigenvalue weighted by molar-refractivity contribution is 5.34. The summed E-state index contributed by atoms with van der Waals surface area (Å²) in [5, 5.41) is 0. The number of hydrogen-bond donors (Lipinski definition) is 0. The molecule has 1 saturated carbocycles. The Morgan fingerprint density at radius 2 is 1.79 bits per heavy atom. The van der Waals surface area contributed by atoms with Gasteiger partial charge < -0.3 is 0 Å². The molecule has 0 atom stereocenters. The lowest BCUT2D eigenvalue weighted by molar-refractivity contribution is -0.161. The highest BCUT2D eigenvalue weighted by atomic mass is 19.4. The SMILES string of the molecule is FC(F)(F)C1(c2ccc3c(n2)CCN(Cc2ccccc2)C3)CC1. The fraction of sp³-hybridized carbons (Fsp3) is 0.421. The van der Waals surface area contributed by atoms with E-state index in [0.29, 0.717) is 6.42 Å². The third kappa shape index (κ3) is 2.71. The molecular formula is C19H19F3N2. The monoisotopic (exact) mass is 332 g/mol. The summed E-state index contributed by atoms with van der Waals surface area (Å²) in [6.07, 6.45) is -3.14. The van der Waals surface area contributed by atoms with Crippen molar-refractivity contribution < 1.29 is 13.2 Å². The van der Waals surface area contributed by atoms with Gasteiger partial charge in [0, 0.05) is 31.7 Å². The van der Waals surface area contributed by atoms with Gasteiger partial charge in [-0.2, -0.15) is 13.2 Å². The molecule has 1 aromatic carbocycles. The molecule has 2 nitrogen and oxygen atoms in total. The Hall–Kier alpha value is -1.88. The third-order valence-corrected chi connectivity index (χ3v) is 5.16. The molecule has 0 saturated heterocycles. The first-order chi connectivity index (χ1) is 11.5. The Labute approximate surface area is 139 Å². The van der Waals surface area contributed by atoms with Crippen LogP contribution in [-0.4, -0.2) is 22.6 Å². The van der Waals surface area contributed by atoms with Crippen molar-refractivity contribution in [2.75, 3.05) is 6.54 Å². The molecule has 1 aliphatic heterocycles. The number of aromatic nitrogens is 1. The fourth-order valence-electron chi connectivity index (χ4n) is 3.53. The van der Waals surface area contributed by atoms with E-state index in [9.17, 15) is 13.2 Å². The number of hydrogen-bond acceptors (Lipinski definition) is 2. The fourth-order valence-corrected chi connectivity index (χ4v) is 3.53. The molecule has 24 heavy (non-hydrogen) atoms. The molecule has 0 unspecified atom stereocenters. The van der Waals surface area contributed by atoms with Crippen molar-refractivity contribution in [2.45, 2.75) is 43.9 Å². The van der Waals surface area contributed by atoms with Crippen LogP contribution in [-0.2, 0) is 24.9 Å². The minimum atomic E-state index is -4.19. The Balaban J connectivity index is 1.52. The van der Waals surface area contributed by atoms with Crippen molar-refractivity contribution in [3.8, 4) is 0 Å². The maximum Gasteiger partial charge on any atom is 0.399 e. The topological polar surface area (TPSA) is 16.1 Å². The molecule has 1 aliphatic carbocycles. The lowest BCUT2D eigenvalue weighted by Gasteiger charge is -2.29. The minimum Gasteiger partial charge on any atom is -0.294 e. The normalized spacial score (nSPS) is 19.8. The van der Waals surface area contributed by atoms with Crippen LogP contribution >= 0.6 is 0 Å². The van der Waals surface area contributed by atoms with Crippen LogP contribution in [0, 0.1) is 0 Å². The zero-order valence-corrected chi connectivity index (χ0v) is 13.3. The van der Waals surface area contributed by atoms with Crippen LogP contribution in [0.1, 0.15) is 35.4 Å². The van der Waals surface area contributed by atoms with Gasteiger partial charge in [-0.25, -0.2) is 0 Å². The lowest BCUT2D eigenvalue weighted by Crippen LogP contribution is -2.33. The number of nitrogens with zero attached hydrogens (tertiary/aromatic N) is 2. The smallest absolute Gasteiger partial charge is 0.294 e. The Morgan fingerprint density at radius 3 is 2.46 bits per heavy atom. The van der Waals surface area contributed by atoms with Crippen molar-refractivity contribution >= 4 is 0 Å². The summed E-state index contributed by atoms with van der Waals surface area (Å²) >= 11 is 0. The zero-order chi connectivity index (χ0) is 16.8. The second-order valence-electron chi connectivity index (χ2n) is 6.83.